The summed E-state index contributed by atoms with van der Waals surface area (Å²) in [4.78, 5) is 16.6. The van der Waals surface area contributed by atoms with E-state index in [0.717, 1.165) is 11.8 Å². The summed E-state index contributed by atoms with van der Waals surface area (Å²) in [5, 5.41) is 6.38. The van der Waals surface area contributed by atoms with Gasteiger partial charge in [-0.05, 0) is 32.4 Å². The molecular weight excluding hydrogens is 329 g/mol. The van der Waals surface area contributed by atoms with Crippen molar-refractivity contribution in [2.75, 3.05) is 0 Å². The predicted octanol–water partition coefficient (Wildman–Crippen LogP) is 4.21. The largest absolute Gasteiger partial charge is 0.277 e. The van der Waals surface area contributed by atoms with E-state index >= 15 is 0 Å². The standard InChI is InChI=1S/C18H17ClFN3O/c1-11-9-21-10-14(20)16(11)17(24)23-18(2,3)8-15(22-23)12-6-4-5-7-13(12)19/h4-7,9-10H,8H2,1-3H3. The van der Waals surface area contributed by atoms with E-state index in [1.807, 2.05) is 32.0 Å². The lowest BCUT2D eigenvalue weighted by Crippen LogP contribution is -2.41. The number of pyridine rings is 1. The Hall–Kier alpha value is -2.27. The fourth-order valence-corrected chi connectivity index (χ4v) is 3.09. The number of carbonyl (C=O) groups is 1. The van der Waals surface area contributed by atoms with Crippen LogP contribution in [0.3, 0.4) is 0 Å². The van der Waals surface area contributed by atoms with E-state index in [4.69, 9.17) is 11.6 Å². The zero-order valence-electron chi connectivity index (χ0n) is 13.7. The van der Waals surface area contributed by atoms with Gasteiger partial charge in [0.25, 0.3) is 5.91 Å². The molecule has 0 N–H and O–H groups in total. The highest BCUT2D eigenvalue weighted by Gasteiger charge is 2.40. The SMILES string of the molecule is Cc1cncc(F)c1C(=O)N1N=C(c2ccccc2Cl)CC1(C)C. The Morgan fingerprint density at radius 1 is 1.29 bits per heavy atom. The molecule has 0 radical (unpaired) electrons. The molecule has 2 heterocycles. The van der Waals surface area contributed by atoms with Gasteiger partial charge in [0.1, 0.15) is 0 Å². The van der Waals surface area contributed by atoms with Gasteiger partial charge in [-0.15, -0.1) is 0 Å². The number of nitrogens with zero attached hydrogens (tertiary/aromatic N) is 3. The minimum Gasteiger partial charge on any atom is -0.267 e. The van der Waals surface area contributed by atoms with Gasteiger partial charge >= 0.3 is 0 Å². The molecule has 0 fully saturated rings. The van der Waals surface area contributed by atoms with Crippen LogP contribution in [0.4, 0.5) is 4.39 Å². The van der Waals surface area contributed by atoms with Crippen molar-refractivity contribution in [3.63, 3.8) is 0 Å². The zero-order valence-corrected chi connectivity index (χ0v) is 14.4. The molecule has 1 aliphatic heterocycles. The van der Waals surface area contributed by atoms with E-state index in [2.05, 4.69) is 10.1 Å². The fraction of sp³-hybridized carbons (Fsp3) is 0.278. The first kappa shape index (κ1) is 16.6. The van der Waals surface area contributed by atoms with Crippen LogP contribution in [0.1, 0.15) is 41.8 Å². The van der Waals surface area contributed by atoms with Crippen LogP contribution < -0.4 is 0 Å². The second-order valence-electron chi connectivity index (χ2n) is 6.45. The van der Waals surface area contributed by atoms with Gasteiger partial charge in [0.2, 0.25) is 0 Å². The van der Waals surface area contributed by atoms with Gasteiger partial charge < -0.3 is 0 Å². The Balaban J connectivity index is 2.04. The number of hydrogen-bond acceptors (Lipinski definition) is 3. The highest BCUT2D eigenvalue weighted by molar-refractivity contribution is 6.34. The number of hydrazone groups is 1. The van der Waals surface area contributed by atoms with Crippen LogP contribution in [0.2, 0.25) is 5.02 Å². The van der Waals surface area contributed by atoms with Crippen LogP contribution in [0.15, 0.2) is 41.8 Å². The minimum absolute atomic E-state index is 0.00207. The van der Waals surface area contributed by atoms with Crippen molar-refractivity contribution in [3.8, 4) is 0 Å². The van der Waals surface area contributed by atoms with Gasteiger partial charge in [0, 0.05) is 23.2 Å². The molecule has 6 heteroatoms. The quantitative estimate of drug-likeness (QED) is 0.818. The first-order valence-electron chi connectivity index (χ1n) is 7.58. The molecule has 0 saturated heterocycles. The van der Waals surface area contributed by atoms with E-state index in [0.29, 0.717) is 22.7 Å². The van der Waals surface area contributed by atoms with Crippen LogP contribution in [0.5, 0.6) is 0 Å². The summed E-state index contributed by atoms with van der Waals surface area (Å²) >= 11 is 6.24. The van der Waals surface area contributed by atoms with Crippen LogP contribution in [-0.4, -0.2) is 27.2 Å². The van der Waals surface area contributed by atoms with E-state index in [1.54, 1.807) is 13.0 Å². The summed E-state index contributed by atoms with van der Waals surface area (Å²) in [6, 6.07) is 7.35. The molecule has 1 aromatic carbocycles. The molecule has 0 spiro atoms. The molecule has 0 bridgehead atoms. The monoisotopic (exact) mass is 345 g/mol. The lowest BCUT2D eigenvalue weighted by atomic mass is 9.94. The summed E-state index contributed by atoms with van der Waals surface area (Å²) < 4.78 is 14.1. The molecule has 2 aromatic rings. The van der Waals surface area contributed by atoms with Gasteiger partial charge in [-0.25, -0.2) is 9.40 Å². The number of hydrogen-bond donors (Lipinski definition) is 0. The maximum absolute atomic E-state index is 14.1. The molecule has 124 valence electrons. The van der Waals surface area contributed by atoms with Crippen molar-refractivity contribution in [3.05, 3.63) is 64.2 Å². The maximum atomic E-state index is 14.1. The van der Waals surface area contributed by atoms with E-state index in [9.17, 15) is 9.18 Å². The van der Waals surface area contributed by atoms with Gasteiger partial charge in [-0.2, -0.15) is 5.10 Å². The average Bonchev–Trinajstić information content (AvgIpc) is 2.82. The number of amides is 1. The van der Waals surface area contributed by atoms with Gasteiger partial charge in [-0.1, -0.05) is 29.8 Å². The van der Waals surface area contributed by atoms with Crippen molar-refractivity contribution < 1.29 is 9.18 Å². The second-order valence-corrected chi connectivity index (χ2v) is 6.85. The average molecular weight is 346 g/mol. The van der Waals surface area contributed by atoms with Gasteiger partial charge in [0.15, 0.2) is 5.82 Å². The van der Waals surface area contributed by atoms with Gasteiger partial charge in [-0.3, -0.25) is 9.78 Å². The molecular formula is C18H17ClFN3O. The van der Waals surface area contributed by atoms with E-state index in [1.165, 1.54) is 11.2 Å². The molecule has 1 aromatic heterocycles. The lowest BCUT2D eigenvalue weighted by molar-refractivity contribution is 0.0606. The molecule has 3 rings (SSSR count). The topological polar surface area (TPSA) is 45.6 Å². The number of aryl methyl sites for hydroxylation is 1. The van der Waals surface area contributed by atoms with Crippen molar-refractivity contribution in [2.24, 2.45) is 5.10 Å². The van der Waals surface area contributed by atoms with Crippen molar-refractivity contribution in [1.29, 1.82) is 0 Å². The Kier molecular flexibility index (Phi) is 4.13. The smallest absolute Gasteiger partial charge is 0.267 e. The Bertz CT molecular complexity index is 828. The van der Waals surface area contributed by atoms with Crippen LogP contribution in [0, 0.1) is 12.7 Å². The third-order valence-electron chi connectivity index (χ3n) is 4.07. The molecule has 0 unspecified atom stereocenters. The zero-order chi connectivity index (χ0) is 17.5. The van der Waals surface area contributed by atoms with Crippen molar-refractivity contribution in [2.45, 2.75) is 32.7 Å². The molecule has 0 saturated carbocycles. The minimum atomic E-state index is -0.641. The summed E-state index contributed by atoms with van der Waals surface area (Å²) in [7, 11) is 0. The van der Waals surface area contributed by atoms with Gasteiger partial charge in [0.05, 0.1) is 23.0 Å². The number of rotatable bonds is 2. The van der Waals surface area contributed by atoms with E-state index < -0.39 is 17.3 Å². The van der Waals surface area contributed by atoms with E-state index in [-0.39, 0.29) is 5.56 Å². The summed E-state index contributed by atoms with van der Waals surface area (Å²) in [6.45, 7) is 5.45. The molecule has 0 atom stereocenters. The first-order valence-corrected chi connectivity index (χ1v) is 7.96. The third-order valence-corrected chi connectivity index (χ3v) is 4.40. The summed E-state index contributed by atoms with van der Waals surface area (Å²) in [6.07, 6.45) is 3.05. The summed E-state index contributed by atoms with van der Waals surface area (Å²) in [5.74, 6) is -1.11. The number of benzene rings is 1. The molecule has 24 heavy (non-hydrogen) atoms. The van der Waals surface area contributed by atoms with Crippen LogP contribution in [0.25, 0.3) is 0 Å². The second kappa shape index (κ2) is 5.98. The highest BCUT2D eigenvalue weighted by Crippen LogP contribution is 2.33. The van der Waals surface area contributed by atoms with Crippen LogP contribution >= 0.6 is 11.6 Å². The number of halogens is 2. The number of aromatic nitrogens is 1. The van der Waals surface area contributed by atoms with Crippen LogP contribution in [-0.2, 0) is 0 Å². The third kappa shape index (κ3) is 2.80. The molecule has 1 aliphatic rings. The number of carbonyl (C=O) groups excluding carboxylic acids is 1. The Morgan fingerprint density at radius 2 is 2.00 bits per heavy atom. The fourth-order valence-electron chi connectivity index (χ4n) is 2.85. The first-order chi connectivity index (χ1) is 11.3. The highest BCUT2D eigenvalue weighted by atomic mass is 35.5. The normalized spacial score (nSPS) is 16.2. The molecule has 0 aliphatic carbocycles. The Morgan fingerprint density at radius 3 is 2.67 bits per heavy atom. The Labute approximate surface area is 145 Å². The predicted molar refractivity (Wildman–Crippen MR) is 91.8 cm³/mol. The van der Waals surface area contributed by atoms with Crippen molar-refractivity contribution >= 4 is 23.2 Å². The lowest BCUT2D eigenvalue weighted by Gasteiger charge is -2.29. The summed E-state index contributed by atoms with van der Waals surface area (Å²) in [5.41, 5.74) is 1.41. The van der Waals surface area contributed by atoms with Crippen molar-refractivity contribution in [1.82, 2.24) is 9.99 Å². The molecule has 4 nitrogen and oxygen atoms in total. The maximum Gasteiger partial charge on any atom is 0.277 e. The molecule has 1 amide bonds.